The SMILES string of the molecule is CCOc1ccc(Cl)c(/C(O)=C2\C(=O)C(=O)N(c3ccc(C)cc3)C2c2ccc(OC)cc2)c1. The minimum absolute atomic E-state index is 0.0497. The van der Waals surface area contributed by atoms with Gasteiger partial charge in [0.25, 0.3) is 11.7 Å². The maximum absolute atomic E-state index is 13.3. The highest BCUT2D eigenvalue weighted by Gasteiger charge is 2.47. The average molecular weight is 478 g/mol. The van der Waals surface area contributed by atoms with Gasteiger partial charge in [0.05, 0.1) is 30.4 Å². The van der Waals surface area contributed by atoms with Gasteiger partial charge in [0, 0.05) is 11.3 Å². The van der Waals surface area contributed by atoms with E-state index in [0.717, 1.165) is 5.56 Å². The Morgan fingerprint density at radius 2 is 1.65 bits per heavy atom. The van der Waals surface area contributed by atoms with E-state index in [1.54, 1.807) is 61.7 Å². The molecule has 1 amide bonds. The molecule has 34 heavy (non-hydrogen) atoms. The van der Waals surface area contributed by atoms with Crippen LogP contribution in [-0.2, 0) is 9.59 Å². The van der Waals surface area contributed by atoms with Gasteiger partial charge in [0.1, 0.15) is 17.3 Å². The van der Waals surface area contributed by atoms with E-state index >= 15 is 0 Å². The number of halogens is 1. The molecule has 1 aliphatic heterocycles. The molecule has 1 atom stereocenters. The highest BCUT2D eigenvalue weighted by atomic mass is 35.5. The zero-order chi connectivity index (χ0) is 24.4. The lowest BCUT2D eigenvalue weighted by atomic mass is 9.95. The number of methoxy groups -OCH3 is 1. The zero-order valence-electron chi connectivity index (χ0n) is 19.0. The van der Waals surface area contributed by atoms with Gasteiger partial charge in [-0.1, -0.05) is 41.4 Å². The summed E-state index contributed by atoms with van der Waals surface area (Å²) >= 11 is 6.38. The van der Waals surface area contributed by atoms with E-state index in [1.165, 1.54) is 4.90 Å². The second-order valence-electron chi connectivity index (χ2n) is 7.85. The lowest BCUT2D eigenvalue weighted by molar-refractivity contribution is -0.132. The number of amides is 1. The van der Waals surface area contributed by atoms with Gasteiger partial charge in [0.2, 0.25) is 0 Å². The summed E-state index contributed by atoms with van der Waals surface area (Å²) < 4.78 is 10.8. The fraction of sp³-hybridized carbons (Fsp3) is 0.185. The Morgan fingerprint density at radius 1 is 1.00 bits per heavy atom. The second kappa shape index (κ2) is 9.61. The summed E-state index contributed by atoms with van der Waals surface area (Å²) in [5.41, 5.74) is 2.36. The Hall–Kier alpha value is -3.77. The van der Waals surface area contributed by atoms with Gasteiger partial charge < -0.3 is 14.6 Å². The molecule has 1 aliphatic rings. The fourth-order valence-corrected chi connectivity index (χ4v) is 4.20. The molecule has 0 spiro atoms. The van der Waals surface area contributed by atoms with E-state index in [9.17, 15) is 14.7 Å². The maximum Gasteiger partial charge on any atom is 0.300 e. The Bertz CT molecular complexity index is 1270. The first-order valence-electron chi connectivity index (χ1n) is 10.8. The van der Waals surface area contributed by atoms with E-state index < -0.39 is 17.7 Å². The van der Waals surface area contributed by atoms with E-state index in [-0.39, 0.29) is 21.9 Å². The molecule has 0 radical (unpaired) electrons. The van der Waals surface area contributed by atoms with Crippen LogP contribution in [0.1, 0.15) is 29.7 Å². The molecule has 4 rings (SSSR count). The van der Waals surface area contributed by atoms with E-state index in [0.29, 0.717) is 29.4 Å². The van der Waals surface area contributed by atoms with Crippen LogP contribution < -0.4 is 14.4 Å². The van der Waals surface area contributed by atoms with E-state index in [1.807, 2.05) is 26.0 Å². The summed E-state index contributed by atoms with van der Waals surface area (Å²) in [5.74, 6) is -0.772. The monoisotopic (exact) mass is 477 g/mol. The van der Waals surface area contributed by atoms with Crippen LogP contribution in [0.3, 0.4) is 0 Å². The van der Waals surface area contributed by atoms with Crippen LogP contribution in [0.5, 0.6) is 11.5 Å². The number of ether oxygens (including phenoxy) is 2. The minimum Gasteiger partial charge on any atom is -0.507 e. The number of carbonyl (C=O) groups excluding carboxylic acids is 2. The van der Waals surface area contributed by atoms with Gasteiger partial charge in [0.15, 0.2) is 0 Å². The van der Waals surface area contributed by atoms with Crippen LogP contribution in [0, 0.1) is 6.92 Å². The number of aliphatic hydroxyl groups is 1. The first-order chi connectivity index (χ1) is 16.3. The summed E-state index contributed by atoms with van der Waals surface area (Å²) in [4.78, 5) is 27.9. The number of hydrogen-bond acceptors (Lipinski definition) is 5. The third-order valence-corrected chi connectivity index (χ3v) is 6.02. The molecule has 0 bridgehead atoms. The van der Waals surface area contributed by atoms with Crippen molar-refractivity contribution < 1.29 is 24.2 Å². The average Bonchev–Trinajstić information content (AvgIpc) is 3.11. The van der Waals surface area contributed by atoms with Crippen LogP contribution in [0.4, 0.5) is 5.69 Å². The summed E-state index contributed by atoms with van der Waals surface area (Å²) in [6.07, 6.45) is 0. The van der Waals surface area contributed by atoms with Crippen molar-refractivity contribution >= 4 is 34.7 Å². The number of carbonyl (C=O) groups is 2. The van der Waals surface area contributed by atoms with Gasteiger partial charge in [-0.2, -0.15) is 0 Å². The number of ketones is 1. The summed E-state index contributed by atoms with van der Waals surface area (Å²) in [5, 5.41) is 11.6. The van der Waals surface area contributed by atoms with Crippen molar-refractivity contribution in [3.05, 3.63) is 94.0 Å². The van der Waals surface area contributed by atoms with Crippen molar-refractivity contribution in [2.45, 2.75) is 19.9 Å². The van der Waals surface area contributed by atoms with Crippen molar-refractivity contribution in [1.29, 1.82) is 0 Å². The second-order valence-corrected chi connectivity index (χ2v) is 8.26. The molecule has 1 fully saturated rings. The fourth-order valence-electron chi connectivity index (χ4n) is 3.99. The summed E-state index contributed by atoms with van der Waals surface area (Å²) in [7, 11) is 1.56. The lowest BCUT2D eigenvalue weighted by Gasteiger charge is -2.25. The number of benzene rings is 3. The van der Waals surface area contributed by atoms with Gasteiger partial charge in [-0.3, -0.25) is 14.5 Å². The van der Waals surface area contributed by atoms with Gasteiger partial charge >= 0.3 is 0 Å². The molecule has 1 unspecified atom stereocenters. The summed E-state index contributed by atoms with van der Waals surface area (Å²) in [6, 6.07) is 18.3. The standard InChI is InChI=1S/C27H24ClNO5/c1-4-34-20-13-14-22(28)21(15-20)25(30)23-24(17-7-11-19(33-3)12-8-17)29(27(32)26(23)31)18-9-5-16(2)6-10-18/h5-15,24,30H,4H2,1-3H3/b25-23+. The predicted octanol–water partition coefficient (Wildman–Crippen LogP) is 5.68. The van der Waals surface area contributed by atoms with E-state index in [2.05, 4.69) is 0 Å². The molecular formula is C27H24ClNO5. The van der Waals surface area contributed by atoms with Crippen molar-refractivity contribution in [2.75, 3.05) is 18.6 Å². The number of Topliss-reactive ketones (excluding diaryl/α,β-unsaturated/α-hetero) is 1. The van der Waals surface area contributed by atoms with Crippen molar-refractivity contribution in [1.82, 2.24) is 0 Å². The Morgan fingerprint density at radius 3 is 2.26 bits per heavy atom. The third-order valence-electron chi connectivity index (χ3n) is 5.69. The van der Waals surface area contributed by atoms with Crippen LogP contribution in [0.2, 0.25) is 5.02 Å². The number of rotatable bonds is 6. The Balaban J connectivity index is 1.94. The smallest absolute Gasteiger partial charge is 0.300 e. The lowest BCUT2D eigenvalue weighted by Crippen LogP contribution is -2.29. The minimum atomic E-state index is -0.861. The van der Waals surface area contributed by atoms with Crippen molar-refractivity contribution in [3.63, 3.8) is 0 Å². The van der Waals surface area contributed by atoms with Gasteiger partial charge in [-0.05, 0) is 61.9 Å². The highest BCUT2D eigenvalue weighted by molar-refractivity contribution is 6.52. The first kappa shape index (κ1) is 23.4. The molecule has 174 valence electrons. The molecule has 0 aromatic heterocycles. The largest absolute Gasteiger partial charge is 0.507 e. The predicted molar refractivity (Wildman–Crippen MR) is 132 cm³/mol. The molecule has 6 nitrogen and oxygen atoms in total. The van der Waals surface area contributed by atoms with Gasteiger partial charge in [-0.15, -0.1) is 0 Å². The van der Waals surface area contributed by atoms with Crippen LogP contribution in [0.25, 0.3) is 5.76 Å². The molecular weight excluding hydrogens is 454 g/mol. The van der Waals surface area contributed by atoms with Crippen LogP contribution in [0.15, 0.2) is 72.3 Å². The molecule has 0 aliphatic carbocycles. The quantitative estimate of drug-likeness (QED) is 0.281. The normalized spacial score (nSPS) is 17.2. The van der Waals surface area contributed by atoms with Gasteiger partial charge in [-0.25, -0.2) is 0 Å². The zero-order valence-corrected chi connectivity index (χ0v) is 19.8. The summed E-state index contributed by atoms with van der Waals surface area (Å²) in [6.45, 7) is 4.20. The number of aryl methyl sites for hydroxylation is 1. The third kappa shape index (κ3) is 4.24. The molecule has 1 heterocycles. The van der Waals surface area contributed by atoms with Crippen LogP contribution >= 0.6 is 11.6 Å². The van der Waals surface area contributed by atoms with E-state index in [4.69, 9.17) is 21.1 Å². The molecule has 3 aromatic rings. The number of aliphatic hydroxyl groups excluding tert-OH is 1. The van der Waals surface area contributed by atoms with Crippen molar-refractivity contribution in [3.8, 4) is 11.5 Å². The topological polar surface area (TPSA) is 76.1 Å². The van der Waals surface area contributed by atoms with Crippen molar-refractivity contribution in [2.24, 2.45) is 0 Å². The Labute approximate surface area is 203 Å². The molecule has 0 saturated carbocycles. The first-order valence-corrected chi connectivity index (χ1v) is 11.2. The van der Waals surface area contributed by atoms with Crippen LogP contribution in [-0.4, -0.2) is 30.5 Å². The number of nitrogens with zero attached hydrogens (tertiary/aromatic N) is 1. The number of anilines is 1. The Kier molecular flexibility index (Phi) is 6.61. The molecule has 1 N–H and O–H groups in total. The molecule has 3 aromatic carbocycles. The molecule has 1 saturated heterocycles. The number of hydrogen-bond donors (Lipinski definition) is 1. The molecule has 7 heteroatoms. The highest BCUT2D eigenvalue weighted by Crippen LogP contribution is 2.43. The maximum atomic E-state index is 13.3.